The number of pyridine rings is 1. The Morgan fingerprint density at radius 1 is 1.37 bits per heavy atom. The lowest BCUT2D eigenvalue weighted by atomic mass is 10.5. The van der Waals surface area contributed by atoms with Crippen molar-refractivity contribution in [2.75, 3.05) is 5.43 Å². The largest absolute Gasteiger partial charge is 0.308 e. The minimum absolute atomic E-state index is 0.0955. The molecular weight excluding hydrogens is 308 g/mol. The maximum Gasteiger partial charge on any atom is 0.241 e. The standard InChI is InChI=1S/C10H11ClN4O2S2/c11-9-2-1-7(18-9)6-14-19(16,17)8-3-4-13-10(5-8)15-12/h1-5,14H,6,12H2,(H,13,15). The smallest absolute Gasteiger partial charge is 0.241 e. The number of nitrogens with one attached hydrogen (secondary N) is 2. The van der Waals surface area contributed by atoms with E-state index in [4.69, 9.17) is 17.4 Å². The van der Waals surface area contributed by atoms with E-state index in [0.717, 1.165) is 4.88 Å². The number of nitrogen functional groups attached to an aromatic ring is 1. The number of hydrogen-bond acceptors (Lipinski definition) is 6. The molecule has 0 saturated heterocycles. The van der Waals surface area contributed by atoms with Gasteiger partial charge in [0.2, 0.25) is 10.0 Å². The second-order valence-electron chi connectivity index (χ2n) is 3.55. The van der Waals surface area contributed by atoms with Gasteiger partial charge in [-0.2, -0.15) is 0 Å². The van der Waals surface area contributed by atoms with Crippen molar-refractivity contribution in [3.05, 3.63) is 39.7 Å². The molecule has 0 unspecified atom stereocenters. The second-order valence-corrected chi connectivity index (χ2v) is 7.12. The van der Waals surface area contributed by atoms with E-state index in [2.05, 4.69) is 15.1 Å². The number of hydrazine groups is 1. The highest BCUT2D eigenvalue weighted by Gasteiger charge is 2.14. The SMILES string of the molecule is NNc1cc(S(=O)(=O)NCc2ccc(Cl)s2)ccn1. The number of hydrogen-bond donors (Lipinski definition) is 3. The van der Waals surface area contributed by atoms with Crippen molar-refractivity contribution in [1.29, 1.82) is 0 Å². The number of thiophene rings is 1. The summed E-state index contributed by atoms with van der Waals surface area (Å²) in [4.78, 5) is 4.78. The Labute approximate surface area is 119 Å². The Morgan fingerprint density at radius 2 is 2.16 bits per heavy atom. The number of nitrogens with zero attached hydrogens (tertiary/aromatic N) is 1. The average Bonchev–Trinajstić information content (AvgIpc) is 2.82. The number of nitrogens with two attached hydrogens (primary N) is 1. The van der Waals surface area contributed by atoms with Crippen LogP contribution in [0, 0.1) is 0 Å². The average molecular weight is 319 g/mol. The molecule has 4 N–H and O–H groups in total. The van der Waals surface area contributed by atoms with Crippen molar-refractivity contribution in [3.8, 4) is 0 Å². The quantitative estimate of drug-likeness (QED) is 0.574. The van der Waals surface area contributed by atoms with Crippen LogP contribution in [0.25, 0.3) is 0 Å². The Hall–Kier alpha value is -1.19. The molecule has 0 radical (unpaired) electrons. The first kappa shape index (κ1) is 14.2. The predicted molar refractivity (Wildman–Crippen MR) is 75.4 cm³/mol. The molecule has 0 atom stereocenters. The molecule has 0 aliphatic rings. The summed E-state index contributed by atoms with van der Waals surface area (Å²) < 4.78 is 27.2. The van der Waals surface area contributed by atoms with E-state index < -0.39 is 10.0 Å². The molecule has 2 rings (SSSR count). The fraction of sp³-hybridized carbons (Fsp3) is 0.100. The minimum atomic E-state index is -3.60. The van der Waals surface area contributed by atoms with Crippen LogP contribution in [0.15, 0.2) is 35.4 Å². The van der Waals surface area contributed by atoms with E-state index in [1.165, 1.54) is 29.7 Å². The van der Waals surface area contributed by atoms with Gasteiger partial charge in [-0.3, -0.25) is 0 Å². The molecule has 0 bridgehead atoms. The highest BCUT2D eigenvalue weighted by atomic mass is 35.5. The molecule has 2 aromatic heterocycles. The van der Waals surface area contributed by atoms with Gasteiger partial charge in [0.15, 0.2) is 0 Å². The first-order valence-electron chi connectivity index (χ1n) is 5.18. The van der Waals surface area contributed by atoms with E-state index in [1.807, 2.05) is 0 Å². The monoisotopic (exact) mass is 318 g/mol. The Morgan fingerprint density at radius 3 is 2.79 bits per heavy atom. The Kier molecular flexibility index (Phi) is 4.38. The van der Waals surface area contributed by atoms with E-state index >= 15 is 0 Å². The molecule has 9 heteroatoms. The van der Waals surface area contributed by atoms with E-state index in [-0.39, 0.29) is 17.3 Å². The van der Waals surface area contributed by atoms with Crippen molar-refractivity contribution in [2.24, 2.45) is 5.84 Å². The van der Waals surface area contributed by atoms with Crippen molar-refractivity contribution >= 4 is 38.8 Å². The molecule has 0 saturated carbocycles. The van der Waals surface area contributed by atoms with Crippen LogP contribution < -0.4 is 16.0 Å². The fourth-order valence-corrected chi connectivity index (χ4v) is 3.49. The Balaban J connectivity index is 2.13. The number of rotatable bonds is 5. The van der Waals surface area contributed by atoms with Crippen LogP contribution in [-0.2, 0) is 16.6 Å². The van der Waals surface area contributed by atoms with Gasteiger partial charge < -0.3 is 5.43 Å². The normalized spacial score (nSPS) is 11.5. The topological polar surface area (TPSA) is 97.1 Å². The summed E-state index contributed by atoms with van der Waals surface area (Å²) in [6.45, 7) is 0.188. The van der Waals surface area contributed by atoms with Crippen LogP contribution >= 0.6 is 22.9 Å². The van der Waals surface area contributed by atoms with Crippen LogP contribution in [0.4, 0.5) is 5.82 Å². The van der Waals surface area contributed by atoms with Crippen LogP contribution in [0.2, 0.25) is 4.34 Å². The van der Waals surface area contributed by atoms with Gasteiger partial charge in [0.05, 0.1) is 9.23 Å². The maximum absolute atomic E-state index is 12.0. The summed E-state index contributed by atoms with van der Waals surface area (Å²) in [7, 11) is -3.60. The number of anilines is 1. The lowest BCUT2D eigenvalue weighted by Crippen LogP contribution is -2.23. The molecule has 0 amide bonds. The predicted octanol–water partition coefficient (Wildman–Crippen LogP) is 1.56. The van der Waals surface area contributed by atoms with Gasteiger partial charge in [-0.1, -0.05) is 11.6 Å². The van der Waals surface area contributed by atoms with Gasteiger partial charge in [-0.05, 0) is 18.2 Å². The summed E-state index contributed by atoms with van der Waals surface area (Å²) >= 11 is 7.10. The van der Waals surface area contributed by atoms with E-state index in [0.29, 0.717) is 4.34 Å². The van der Waals surface area contributed by atoms with Gasteiger partial charge in [-0.25, -0.2) is 24.0 Å². The van der Waals surface area contributed by atoms with Crippen molar-refractivity contribution in [3.63, 3.8) is 0 Å². The zero-order valence-corrected chi connectivity index (χ0v) is 12.0. The number of aromatic nitrogens is 1. The summed E-state index contributed by atoms with van der Waals surface area (Å²) in [6, 6.07) is 6.24. The maximum atomic E-state index is 12.0. The zero-order chi connectivity index (χ0) is 13.9. The molecule has 0 aliphatic heterocycles. The summed E-state index contributed by atoms with van der Waals surface area (Å²) in [6.07, 6.45) is 1.37. The fourth-order valence-electron chi connectivity index (χ4n) is 1.35. The summed E-state index contributed by atoms with van der Waals surface area (Å²) in [5, 5.41) is 0. The molecule has 0 aliphatic carbocycles. The minimum Gasteiger partial charge on any atom is -0.308 e. The van der Waals surface area contributed by atoms with E-state index in [1.54, 1.807) is 12.1 Å². The van der Waals surface area contributed by atoms with E-state index in [9.17, 15) is 8.42 Å². The van der Waals surface area contributed by atoms with Gasteiger partial charge in [0.1, 0.15) is 5.82 Å². The molecule has 6 nitrogen and oxygen atoms in total. The molecule has 19 heavy (non-hydrogen) atoms. The van der Waals surface area contributed by atoms with Crippen LogP contribution in [0.3, 0.4) is 0 Å². The second kappa shape index (κ2) is 5.85. The molecule has 2 heterocycles. The third-order valence-corrected chi connectivity index (χ3v) is 4.88. The van der Waals surface area contributed by atoms with Gasteiger partial charge >= 0.3 is 0 Å². The molecule has 2 aromatic rings. The number of sulfonamides is 1. The molecule has 0 fully saturated rings. The van der Waals surface area contributed by atoms with Crippen LogP contribution in [0.5, 0.6) is 0 Å². The van der Waals surface area contributed by atoms with Crippen LogP contribution in [-0.4, -0.2) is 13.4 Å². The molecule has 0 spiro atoms. The Bertz CT molecular complexity index is 672. The first-order valence-corrected chi connectivity index (χ1v) is 7.85. The highest BCUT2D eigenvalue weighted by molar-refractivity contribution is 7.89. The molecule has 102 valence electrons. The zero-order valence-electron chi connectivity index (χ0n) is 9.63. The molecular formula is C10H11ClN4O2S2. The third kappa shape index (κ3) is 3.64. The van der Waals surface area contributed by atoms with Gasteiger partial charge in [-0.15, -0.1) is 11.3 Å². The third-order valence-electron chi connectivity index (χ3n) is 2.25. The highest BCUT2D eigenvalue weighted by Crippen LogP contribution is 2.21. The first-order chi connectivity index (χ1) is 9.01. The lowest BCUT2D eigenvalue weighted by molar-refractivity contribution is 0.581. The molecule has 0 aromatic carbocycles. The van der Waals surface area contributed by atoms with Crippen molar-refractivity contribution in [2.45, 2.75) is 11.4 Å². The summed E-state index contributed by atoms with van der Waals surface area (Å²) in [5.74, 6) is 5.47. The van der Waals surface area contributed by atoms with Crippen molar-refractivity contribution in [1.82, 2.24) is 9.71 Å². The van der Waals surface area contributed by atoms with Crippen LogP contribution in [0.1, 0.15) is 4.88 Å². The lowest BCUT2D eigenvalue weighted by Gasteiger charge is -2.06. The summed E-state index contributed by atoms with van der Waals surface area (Å²) in [5.41, 5.74) is 2.30. The van der Waals surface area contributed by atoms with Crippen molar-refractivity contribution < 1.29 is 8.42 Å². The van der Waals surface area contributed by atoms with Gasteiger partial charge in [0.25, 0.3) is 0 Å². The number of halogens is 1. The van der Waals surface area contributed by atoms with Gasteiger partial charge in [0, 0.05) is 23.7 Å².